The van der Waals surface area contributed by atoms with E-state index >= 15 is 0 Å². The van der Waals surface area contributed by atoms with Gasteiger partial charge in [0.25, 0.3) is 0 Å². The molecule has 1 saturated heterocycles. The normalized spacial score (nSPS) is 24.4. The number of carbonyl (C=O) groups excluding carboxylic acids is 1. The second-order valence-corrected chi connectivity index (χ2v) is 6.85. The molecule has 1 amide bonds. The van der Waals surface area contributed by atoms with Crippen molar-refractivity contribution in [1.29, 1.82) is 0 Å². The first-order valence-electron chi connectivity index (χ1n) is 9.03. The molecular weight excluding hydrogens is 320 g/mol. The van der Waals surface area contributed by atoms with Gasteiger partial charge < -0.3 is 19.5 Å². The molecule has 1 N–H and O–H groups in total. The van der Waals surface area contributed by atoms with Crippen LogP contribution in [0.1, 0.15) is 24.8 Å². The van der Waals surface area contributed by atoms with Crippen molar-refractivity contribution in [1.82, 2.24) is 9.80 Å². The number of hydrogen-bond acceptors (Lipinski definition) is 5. The van der Waals surface area contributed by atoms with Gasteiger partial charge >= 0.3 is 0 Å². The maximum Gasteiger partial charge on any atom is 0.227 e. The molecule has 1 aliphatic heterocycles. The van der Waals surface area contributed by atoms with Crippen LogP contribution in [-0.4, -0.2) is 73.4 Å². The quantitative estimate of drug-likeness (QED) is 0.869. The van der Waals surface area contributed by atoms with E-state index in [0.29, 0.717) is 17.9 Å². The number of methoxy groups -OCH3 is 2. The molecule has 2 aliphatic rings. The second-order valence-electron chi connectivity index (χ2n) is 6.85. The fourth-order valence-electron chi connectivity index (χ4n) is 3.93. The summed E-state index contributed by atoms with van der Waals surface area (Å²) < 4.78 is 10.5. The smallest absolute Gasteiger partial charge is 0.227 e. The van der Waals surface area contributed by atoms with E-state index in [1.54, 1.807) is 14.2 Å². The minimum absolute atomic E-state index is 0.138. The molecule has 1 aromatic carbocycles. The van der Waals surface area contributed by atoms with Gasteiger partial charge in [-0.05, 0) is 37.0 Å². The average Bonchev–Trinajstić information content (AvgIpc) is 3.07. The van der Waals surface area contributed by atoms with E-state index < -0.39 is 0 Å². The molecule has 0 unspecified atom stereocenters. The van der Waals surface area contributed by atoms with E-state index in [1.807, 2.05) is 23.1 Å². The van der Waals surface area contributed by atoms with Crippen LogP contribution in [0.3, 0.4) is 0 Å². The van der Waals surface area contributed by atoms with Crippen LogP contribution in [0.2, 0.25) is 0 Å². The number of hydrogen-bond donors (Lipinski definition) is 1. The molecule has 1 saturated carbocycles. The summed E-state index contributed by atoms with van der Waals surface area (Å²) in [5, 5.41) is 10.1. The molecule has 6 nitrogen and oxygen atoms in total. The molecule has 6 heteroatoms. The Labute approximate surface area is 149 Å². The Bertz CT molecular complexity index is 599. The third kappa shape index (κ3) is 4.07. The zero-order valence-electron chi connectivity index (χ0n) is 15.1. The van der Waals surface area contributed by atoms with Crippen LogP contribution in [-0.2, 0) is 11.2 Å². The maximum absolute atomic E-state index is 12.6. The highest BCUT2D eigenvalue weighted by molar-refractivity contribution is 5.79. The Morgan fingerprint density at radius 2 is 1.84 bits per heavy atom. The van der Waals surface area contributed by atoms with Crippen molar-refractivity contribution in [3.05, 3.63) is 23.8 Å². The van der Waals surface area contributed by atoms with Gasteiger partial charge in [0.05, 0.1) is 26.7 Å². The van der Waals surface area contributed by atoms with Crippen molar-refractivity contribution in [2.24, 2.45) is 0 Å². The molecule has 0 radical (unpaired) electrons. The molecule has 1 heterocycles. The highest BCUT2D eigenvalue weighted by atomic mass is 16.5. The topological polar surface area (TPSA) is 62.2 Å². The number of piperazine rings is 1. The fourth-order valence-corrected chi connectivity index (χ4v) is 3.93. The molecule has 1 aromatic rings. The Balaban J connectivity index is 1.54. The van der Waals surface area contributed by atoms with Gasteiger partial charge in [0.1, 0.15) is 0 Å². The van der Waals surface area contributed by atoms with Crippen LogP contribution in [0.4, 0.5) is 0 Å². The molecule has 0 spiro atoms. The van der Waals surface area contributed by atoms with Crippen LogP contribution in [0.15, 0.2) is 18.2 Å². The number of amides is 1. The molecule has 0 aromatic heterocycles. The number of aliphatic hydroxyl groups excluding tert-OH is 1. The van der Waals surface area contributed by atoms with Crippen molar-refractivity contribution < 1.29 is 19.4 Å². The predicted molar refractivity (Wildman–Crippen MR) is 95.0 cm³/mol. The summed E-state index contributed by atoms with van der Waals surface area (Å²) in [5.74, 6) is 1.45. The van der Waals surface area contributed by atoms with Crippen molar-refractivity contribution in [3.63, 3.8) is 0 Å². The average molecular weight is 348 g/mol. The minimum atomic E-state index is -0.200. The van der Waals surface area contributed by atoms with E-state index in [0.717, 1.165) is 51.0 Å². The molecular formula is C19H28N2O4. The monoisotopic (exact) mass is 348 g/mol. The van der Waals surface area contributed by atoms with Crippen molar-refractivity contribution >= 4 is 5.91 Å². The number of nitrogens with zero attached hydrogens (tertiary/aromatic N) is 2. The van der Waals surface area contributed by atoms with Gasteiger partial charge in [0.2, 0.25) is 5.91 Å². The highest BCUT2D eigenvalue weighted by Crippen LogP contribution is 2.28. The summed E-state index contributed by atoms with van der Waals surface area (Å²) in [6.07, 6.45) is 3.25. The van der Waals surface area contributed by atoms with Crippen LogP contribution >= 0.6 is 0 Å². The van der Waals surface area contributed by atoms with Crippen LogP contribution in [0, 0.1) is 0 Å². The summed E-state index contributed by atoms with van der Waals surface area (Å²) in [5.41, 5.74) is 0.927. The molecule has 1 aliphatic carbocycles. The van der Waals surface area contributed by atoms with E-state index in [2.05, 4.69) is 4.90 Å². The Hall–Kier alpha value is -1.79. The van der Waals surface area contributed by atoms with Gasteiger partial charge in [-0.1, -0.05) is 6.07 Å². The van der Waals surface area contributed by atoms with Crippen molar-refractivity contribution in [2.45, 2.75) is 37.8 Å². The van der Waals surface area contributed by atoms with Crippen LogP contribution < -0.4 is 9.47 Å². The van der Waals surface area contributed by atoms with Gasteiger partial charge in [0.15, 0.2) is 11.5 Å². The zero-order chi connectivity index (χ0) is 17.8. The Morgan fingerprint density at radius 1 is 1.12 bits per heavy atom. The van der Waals surface area contributed by atoms with E-state index in [-0.39, 0.29) is 18.1 Å². The third-order valence-corrected chi connectivity index (χ3v) is 5.38. The van der Waals surface area contributed by atoms with Gasteiger partial charge in [0, 0.05) is 32.2 Å². The number of aliphatic hydroxyl groups is 1. The molecule has 2 fully saturated rings. The first kappa shape index (κ1) is 18.0. The third-order valence-electron chi connectivity index (χ3n) is 5.38. The number of ether oxygens (including phenoxy) is 2. The van der Waals surface area contributed by atoms with Crippen LogP contribution in [0.25, 0.3) is 0 Å². The molecule has 2 atom stereocenters. The standard InChI is InChI=1S/C19H28N2O4/c1-24-17-7-6-14(12-18(17)25-2)13-19(23)21-10-8-20(9-11-21)15-4-3-5-16(15)22/h6-7,12,15-16,22H,3-5,8-11,13H2,1-2H3/t15-,16-/m1/s1. The SMILES string of the molecule is COc1ccc(CC(=O)N2CCN([C@@H]3CCC[C@H]3O)CC2)cc1OC. The van der Waals surface area contributed by atoms with Gasteiger partial charge in [-0.25, -0.2) is 0 Å². The lowest BCUT2D eigenvalue weighted by molar-refractivity contribution is -0.132. The largest absolute Gasteiger partial charge is 0.493 e. The number of benzene rings is 1. The number of rotatable bonds is 5. The van der Waals surface area contributed by atoms with Crippen molar-refractivity contribution in [3.8, 4) is 11.5 Å². The lowest BCUT2D eigenvalue weighted by Gasteiger charge is -2.39. The first-order chi connectivity index (χ1) is 12.1. The predicted octanol–water partition coefficient (Wildman–Crippen LogP) is 1.30. The molecule has 25 heavy (non-hydrogen) atoms. The molecule has 138 valence electrons. The highest BCUT2D eigenvalue weighted by Gasteiger charge is 2.33. The van der Waals surface area contributed by atoms with Crippen LogP contribution in [0.5, 0.6) is 11.5 Å². The lowest BCUT2D eigenvalue weighted by Crippen LogP contribution is -2.53. The summed E-state index contributed by atoms with van der Waals surface area (Å²) in [6, 6.07) is 5.88. The summed E-state index contributed by atoms with van der Waals surface area (Å²) in [4.78, 5) is 16.9. The van der Waals surface area contributed by atoms with E-state index in [1.165, 1.54) is 0 Å². The fraction of sp³-hybridized carbons (Fsp3) is 0.632. The van der Waals surface area contributed by atoms with Crippen molar-refractivity contribution in [2.75, 3.05) is 40.4 Å². The summed E-state index contributed by atoms with van der Waals surface area (Å²) in [6.45, 7) is 3.16. The zero-order valence-corrected chi connectivity index (χ0v) is 15.1. The Morgan fingerprint density at radius 3 is 2.44 bits per heavy atom. The first-order valence-corrected chi connectivity index (χ1v) is 9.03. The van der Waals surface area contributed by atoms with Gasteiger partial charge in [-0.2, -0.15) is 0 Å². The van der Waals surface area contributed by atoms with E-state index in [4.69, 9.17) is 9.47 Å². The Kier molecular flexibility index (Phi) is 5.81. The molecule has 3 rings (SSSR count). The minimum Gasteiger partial charge on any atom is -0.493 e. The summed E-state index contributed by atoms with van der Waals surface area (Å²) in [7, 11) is 3.20. The van der Waals surface area contributed by atoms with E-state index in [9.17, 15) is 9.90 Å². The van der Waals surface area contributed by atoms with Gasteiger partial charge in [-0.15, -0.1) is 0 Å². The summed E-state index contributed by atoms with van der Waals surface area (Å²) >= 11 is 0. The molecule has 0 bridgehead atoms. The maximum atomic E-state index is 12.6. The lowest BCUT2D eigenvalue weighted by atomic mass is 10.1. The second kappa shape index (κ2) is 8.06. The van der Waals surface area contributed by atoms with Gasteiger partial charge in [-0.3, -0.25) is 9.69 Å². The number of carbonyl (C=O) groups is 1.